The molecule has 0 unspecified atom stereocenters. The Morgan fingerprint density at radius 2 is 2.14 bits per heavy atom. The number of nitrogens with zero attached hydrogens (tertiary/aromatic N) is 4. The molecule has 0 N–H and O–H groups in total. The lowest BCUT2D eigenvalue weighted by Crippen LogP contribution is -2.44. The van der Waals surface area contributed by atoms with E-state index in [-0.39, 0.29) is 18.0 Å². The van der Waals surface area contributed by atoms with Gasteiger partial charge in [0.05, 0.1) is 13.2 Å². The summed E-state index contributed by atoms with van der Waals surface area (Å²) in [5.41, 5.74) is 0.315. The highest BCUT2D eigenvalue weighted by Gasteiger charge is 2.19. The lowest BCUT2D eigenvalue weighted by Gasteiger charge is -2.26. The fourth-order valence-corrected chi connectivity index (χ4v) is 2.53. The number of hydrogen-bond acceptors (Lipinski definition) is 4. The minimum absolute atomic E-state index is 0.0203. The highest BCUT2D eigenvalue weighted by atomic mass is 16.5. The highest BCUT2D eigenvalue weighted by molar-refractivity contribution is 5.76. The maximum absolute atomic E-state index is 12.4. The third-order valence-electron chi connectivity index (χ3n) is 3.68. The summed E-state index contributed by atoms with van der Waals surface area (Å²) in [5, 5.41) is 4.31. The number of ether oxygens (including phenoxy) is 1. The third kappa shape index (κ3) is 2.56. The molecular weight excluding hydrogens is 272 g/mol. The Morgan fingerprint density at radius 3 is 2.86 bits per heavy atom. The number of amides is 1. The van der Waals surface area contributed by atoms with Gasteiger partial charge in [-0.25, -0.2) is 4.68 Å². The molecule has 21 heavy (non-hydrogen) atoms. The van der Waals surface area contributed by atoms with Gasteiger partial charge in [0.1, 0.15) is 17.9 Å². The van der Waals surface area contributed by atoms with Crippen LogP contribution in [0.4, 0.5) is 0 Å². The van der Waals surface area contributed by atoms with Crippen molar-refractivity contribution in [2.24, 2.45) is 0 Å². The molecule has 1 fully saturated rings. The van der Waals surface area contributed by atoms with Crippen LogP contribution in [0.1, 0.15) is 12.7 Å². The zero-order chi connectivity index (χ0) is 14.8. The summed E-state index contributed by atoms with van der Waals surface area (Å²) < 4.78 is 8.27. The Balaban J connectivity index is 1.91. The molecule has 7 heteroatoms. The molecule has 1 aliphatic heterocycles. The molecule has 0 radical (unpaired) electrons. The minimum Gasteiger partial charge on any atom is -0.378 e. The van der Waals surface area contributed by atoms with Gasteiger partial charge in [-0.05, 0) is 12.1 Å². The monoisotopic (exact) mass is 290 g/mol. The van der Waals surface area contributed by atoms with Gasteiger partial charge in [-0.3, -0.25) is 14.0 Å². The first-order valence-corrected chi connectivity index (χ1v) is 7.13. The SMILES string of the molecule is CCc1nn(CC(=O)N2CCOCC2)c(=O)c2cccn12. The quantitative estimate of drug-likeness (QED) is 0.793. The fourth-order valence-electron chi connectivity index (χ4n) is 2.53. The number of carbonyl (C=O) groups is 1. The molecule has 1 amide bonds. The standard InChI is InChI=1S/C14H18N4O3/c1-2-12-15-18(14(20)11-4-3-5-17(11)12)10-13(19)16-6-8-21-9-7-16/h3-5H,2,6-10H2,1H3. The van der Waals surface area contributed by atoms with Gasteiger partial charge >= 0.3 is 0 Å². The first kappa shape index (κ1) is 13.8. The van der Waals surface area contributed by atoms with Crippen molar-refractivity contribution < 1.29 is 9.53 Å². The lowest BCUT2D eigenvalue weighted by atomic mass is 10.4. The Labute approximate surface area is 121 Å². The van der Waals surface area contributed by atoms with Crippen LogP contribution in [-0.4, -0.2) is 51.3 Å². The van der Waals surface area contributed by atoms with E-state index >= 15 is 0 Å². The molecule has 112 valence electrons. The van der Waals surface area contributed by atoms with Crippen molar-refractivity contribution in [2.45, 2.75) is 19.9 Å². The van der Waals surface area contributed by atoms with E-state index in [1.54, 1.807) is 15.4 Å². The highest BCUT2D eigenvalue weighted by Crippen LogP contribution is 2.04. The molecule has 0 aliphatic carbocycles. The number of aryl methyl sites for hydroxylation is 1. The van der Waals surface area contributed by atoms with E-state index in [9.17, 15) is 9.59 Å². The molecule has 3 rings (SSSR count). The maximum atomic E-state index is 12.4. The molecule has 0 aromatic carbocycles. The van der Waals surface area contributed by atoms with E-state index in [0.29, 0.717) is 38.2 Å². The van der Waals surface area contributed by atoms with E-state index in [0.717, 1.165) is 5.82 Å². The number of aromatic nitrogens is 3. The molecule has 7 nitrogen and oxygen atoms in total. The summed E-state index contributed by atoms with van der Waals surface area (Å²) in [6.07, 6.45) is 2.51. The second kappa shape index (κ2) is 5.69. The minimum atomic E-state index is -0.237. The first-order valence-electron chi connectivity index (χ1n) is 7.13. The van der Waals surface area contributed by atoms with E-state index in [1.165, 1.54) is 4.68 Å². The van der Waals surface area contributed by atoms with Crippen LogP contribution in [-0.2, 0) is 22.5 Å². The van der Waals surface area contributed by atoms with Crippen LogP contribution in [0.3, 0.4) is 0 Å². The van der Waals surface area contributed by atoms with Crippen molar-refractivity contribution in [1.82, 2.24) is 19.1 Å². The lowest BCUT2D eigenvalue weighted by molar-refractivity contribution is -0.136. The van der Waals surface area contributed by atoms with Gasteiger partial charge in [0.15, 0.2) is 0 Å². The molecule has 2 aromatic heterocycles. The van der Waals surface area contributed by atoms with Crippen molar-refractivity contribution in [3.63, 3.8) is 0 Å². The van der Waals surface area contributed by atoms with Crippen LogP contribution in [0.2, 0.25) is 0 Å². The van der Waals surface area contributed by atoms with Crippen LogP contribution >= 0.6 is 0 Å². The topological polar surface area (TPSA) is 68.8 Å². The summed E-state index contributed by atoms with van der Waals surface area (Å²) in [5.74, 6) is 0.676. The predicted octanol–water partition coefficient (Wildman–Crippen LogP) is -0.0828. The molecule has 0 spiro atoms. The van der Waals surface area contributed by atoms with E-state index in [1.807, 2.05) is 19.2 Å². The number of hydrogen-bond donors (Lipinski definition) is 0. The van der Waals surface area contributed by atoms with Gasteiger partial charge in [-0.15, -0.1) is 0 Å². The summed E-state index contributed by atoms with van der Waals surface area (Å²) in [6, 6.07) is 3.56. The van der Waals surface area contributed by atoms with E-state index < -0.39 is 0 Å². The number of morpholine rings is 1. The zero-order valence-corrected chi connectivity index (χ0v) is 12.0. The third-order valence-corrected chi connectivity index (χ3v) is 3.68. The Morgan fingerprint density at radius 1 is 1.38 bits per heavy atom. The first-order chi connectivity index (χ1) is 10.2. The molecule has 0 atom stereocenters. The smallest absolute Gasteiger partial charge is 0.291 e. The van der Waals surface area contributed by atoms with Crippen LogP contribution in [0.25, 0.3) is 5.52 Å². The van der Waals surface area contributed by atoms with Crippen molar-refractivity contribution in [2.75, 3.05) is 26.3 Å². The normalized spacial score (nSPS) is 15.6. The van der Waals surface area contributed by atoms with Crippen molar-refractivity contribution in [3.8, 4) is 0 Å². The largest absolute Gasteiger partial charge is 0.378 e. The van der Waals surface area contributed by atoms with Gasteiger partial charge in [0.2, 0.25) is 5.91 Å². The van der Waals surface area contributed by atoms with Crippen molar-refractivity contribution >= 4 is 11.4 Å². The van der Waals surface area contributed by atoms with Crippen molar-refractivity contribution in [3.05, 3.63) is 34.5 Å². The van der Waals surface area contributed by atoms with Crippen molar-refractivity contribution in [1.29, 1.82) is 0 Å². The van der Waals surface area contributed by atoms with Crippen LogP contribution in [0.15, 0.2) is 23.1 Å². The van der Waals surface area contributed by atoms with E-state index in [4.69, 9.17) is 4.74 Å². The fraction of sp³-hybridized carbons (Fsp3) is 0.500. The second-order valence-corrected chi connectivity index (χ2v) is 4.99. The number of fused-ring (bicyclic) bond motifs is 1. The van der Waals surface area contributed by atoms with Gasteiger partial charge in [-0.1, -0.05) is 6.92 Å². The Hall–Kier alpha value is -2.15. The molecule has 1 aliphatic rings. The zero-order valence-electron chi connectivity index (χ0n) is 12.0. The molecule has 3 heterocycles. The summed E-state index contributed by atoms with van der Waals surface area (Å²) in [7, 11) is 0. The molecule has 0 saturated carbocycles. The summed E-state index contributed by atoms with van der Waals surface area (Å²) >= 11 is 0. The van der Waals surface area contributed by atoms with Gasteiger partial charge < -0.3 is 9.64 Å². The van der Waals surface area contributed by atoms with Crippen LogP contribution < -0.4 is 5.56 Å². The molecule has 2 aromatic rings. The number of rotatable bonds is 3. The average molecular weight is 290 g/mol. The Bertz CT molecular complexity index is 713. The van der Waals surface area contributed by atoms with Gasteiger partial charge in [0, 0.05) is 25.7 Å². The van der Waals surface area contributed by atoms with Crippen LogP contribution in [0, 0.1) is 0 Å². The van der Waals surface area contributed by atoms with Crippen LogP contribution in [0.5, 0.6) is 0 Å². The summed E-state index contributed by atoms with van der Waals surface area (Å²) in [4.78, 5) is 26.3. The van der Waals surface area contributed by atoms with Gasteiger partial charge in [0.25, 0.3) is 5.56 Å². The molecular formula is C14H18N4O3. The summed E-state index contributed by atoms with van der Waals surface area (Å²) in [6.45, 7) is 4.19. The number of carbonyl (C=O) groups excluding carboxylic acids is 1. The van der Waals surface area contributed by atoms with E-state index in [2.05, 4.69) is 5.10 Å². The molecule has 0 bridgehead atoms. The predicted molar refractivity (Wildman–Crippen MR) is 76.2 cm³/mol. The maximum Gasteiger partial charge on any atom is 0.291 e. The Kier molecular flexibility index (Phi) is 3.74. The second-order valence-electron chi connectivity index (χ2n) is 4.99. The molecule has 1 saturated heterocycles. The van der Waals surface area contributed by atoms with Gasteiger partial charge in [-0.2, -0.15) is 5.10 Å². The average Bonchev–Trinajstić information content (AvgIpc) is 3.01.